The molecule has 0 spiro atoms. The van der Waals surface area contributed by atoms with Gasteiger partial charge in [-0.3, -0.25) is 0 Å². The smallest absolute Gasteiger partial charge is 0.0488 e. The van der Waals surface area contributed by atoms with Crippen molar-refractivity contribution in [1.29, 1.82) is 0 Å². The SMILES string of the molecule is CCC1CCCc2c1n(Cc1ccc(Cl)cc1)c1ccccc21. The molecule has 0 saturated heterocycles. The molecule has 1 nitrogen and oxygen atoms in total. The first-order valence-electron chi connectivity index (χ1n) is 8.62. The predicted molar refractivity (Wildman–Crippen MR) is 98.5 cm³/mol. The highest BCUT2D eigenvalue weighted by Crippen LogP contribution is 2.40. The Hall–Kier alpha value is -1.73. The van der Waals surface area contributed by atoms with Gasteiger partial charge in [-0.25, -0.2) is 0 Å². The van der Waals surface area contributed by atoms with E-state index in [1.165, 1.54) is 42.1 Å². The Labute approximate surface area is 142 Å². The second-order valence-electron chi connectivity index (χ2n) is 6.59. The maximum Gasteiger partial charge on any atom is 0.0488 e. The Bertz CT molecular complexity index is 829. The van der Waals surface area contributed by atoms with Crippen LogP contribution in [0.5, 0.6) is 0 Å². The van der Waals surface area contributed by atoms with Gasteiger partial charge in [0.25, 0.3) is 0 Å². The lowest BCUT2D eigenvalue weighted by Crippen LogP contribution is -2.14. The number of hydrogen-bond acceptors (Lipinski definition) is 0. The molecule has 2 aromatic carbocycles. The van der Waals surface area contributed by atoms with Crippen molar-refractivity contribution in [2.24, 2.45) is 0 Å². The van der Waals surface area contributed by atoms with E-state index >= 15 is 0 Å². The van der Waals surface area contributed by atoms with Gasteiger partial charge < -0.3 is 4.57 Å². The van der Waals surface area contributed by atoms with Crippen LogP contribution in [0.25, 0.3) is 10.9 Å². The molecule has 1 heterocycles. The van der Waals surface area contributed by atoms with Gasteiger partial charge in [-0.15, -0.1) is 0 Å². The molecular weight excluding hydrogens is 302 g/mol. The molecule has 3 aromatic rings. The molecule has 118 valence electrons. The second-order valence-corrected chi connectivity index (χ2v) is 7.03. The van der Waals surface area contributed by atoms with Gasteiger partial charge in [0.15, 0.2) is 0 Å². The van der Waals surface area contributed by atoms with Crippen molar-refractivity contribution in [3.8, 4) is 0 Å². The van der Waals surface area contributed by atoms with Crippen LogP contribution in [0.15, 0.2) is 48.5 Å². The van der Waals surface area contributed by atoms with Gasteiger partial charge in [-0.2, -0.15) is 0 Å². The van der Waals surface area contributed by atoms with Gasteiger partial charge in [-0.05, 0) is 60.9 Å². The molecule has 1 aromatic heterocycles. The number of aromatic nitrogens is 1. The van der Waals surface area contributed by atoms with Gasteiger partial charge >= 0.3 is 0 Å². The number of aryl methyl sites for hydroxylation is 1. The van der Waals surface area contributed by atoms with Crippen molar-refractivity contribution in [2.45, 2.75) is 45.1 Å². The number of hydrogen-bond donors (Lipinski definition) is 0. The number of benzene rings is 2. The summed E-state index contributed by atoms with van der Waals surface area (Å²) >= 11 is 6.04. The summed E-state index contributed by atoms with van der Waals surface area (Å²) in [5.74, 6) is 0.693. The predicted octanol–water partition coefficient (Wildman–Crippen LogP) is 6.17. The van der Waals surface area contributed by atoms with E-state index in [1.807, 2.05) is 12.1 Å². The third-order valence-electron chi connectivity index (χ3n) is 5.23. The summed E-state index contributed by atoms with van der Waals surface area (Å²) in [6.07, 6.45) is 5.09. The molecule has 0 saturated carbocycles. The Kier molecular flexibility index (Phi) is 3.90. The molecule has 1 aliphatic rings. The Morgan fingerprint density at radius 2 is 1.87 bits per heavy atom. The monoisotopic (exact) mass is 323 g/mol. The number of para-hydroxylation sites is 1. The minimum Gasteiger partial charge on any atom is -0.340 e. The van der Waals surface area contributed by atoms with Crippen LogP contribution in [0.4, 0.5) is 0 Å². The highest BCUT2D eigenvalue weighted by atomic mass is 35.5. The molecule has 1 unspecified atom stereocenters. The standard InChI is InChI=1S/C21H22ClN/c1-2-16-6-5-8-19-18-7-3-4-9-20(18)23(21(16)19)14-15-10-12-17(22)13-11-15/h3-4,7,9-13,16H,2,5-6,8,14H2,1H3. The average Bonchev–Trinajstić information content (AvgIpc) is 2.91. The molecule has 0 amide bonds. The quantitative estimate of drug-likeness (QED) is 0.543. The van der Waals surface area contributed by atoms with Crippen LogP contribution in [-0.2, 0) is 13.0 Å². The third-order valence-corrected chi connectivity index (χ3v) is 5.48. The normalized spacial score (nSPS) is 17.4. The molecule has 1 atom stereocenters. The van der Waals surface area contributed by atoms with Gasteiger partial charge in [0.05, 0.1) is 0 Å². The van der Waals surface area contributed by atoms with Crippen LogP contribution < -0.4 is 0 Å². The van der Waals surface area contributed by atoms with E-state index in [1.54, 1.807) is 11.3 Å². The topological polar surface area (TPSA) is 4.93 Å². The molecule has 23 heavy (non-hydrogen) atoms. The summed E-state index contributed by atoms with van der Waals surface area (Å²) in [5.41, 5.74) is 5.87. The van der Waals surface area contributed by atoms with E-state index in [0.29, 0.717) is 5.92 Å². The Balaban J connectivity index is 1.89. The molecule has 0 bridgehead atoms. The first-order valence-corrected chi connectivity index (χ1v) is 9.00. The third kappa shape index (κ3) is 2.57. The lowest BCUT2D eigenvalue weighted by atomic mass is 9.85. The van der Waals surface area contributed by atoms with Gasteiger partial charge in [0, 0.05) is 28.2 Å². The zero-order valence-corrected chi connectivity index (χ0v) is 14.3. The second kappa shape index (κ2) is 6.05. The molecule has 1 aliphatic carbocycles. The zero-order valence-electron chi connectivity index (χ0n) is 13.6. The first kappa shape index (κ1) is 14.8. The fourth-order valence-electron chi connectivity index (χ4n) is 4.13. The summed E-state index contributed by atoms with van der Waals surface area (Å²) in [6, 6.07) is 17.2. The summed E-state index contributed by atoms with van der Waals surface area (Å²) in [5, 5.41) is 2.26. The van der Waals surface area contributed by atoms with Crippen molar-refractivity contribution in [3.05, 3.63) is 70.4 Å². The summed E-state index contributed by atoms with van der Waals surface area (Å²) in [7, 11) is 0. The number of fused-ring (bicyclic) bond motifs is 3. The maximum atomic E-state index is 6.04. The Morgan fingerprint density at radius 1 is 1.09 bits per heavy atom. The minimum absolute atomic E-state index is 0.693. The lowest BCUT2D eigenvalue weighted by Gasteiger charge is -2.25. The molecule has 4 rings (SSSR count). The van der Waals surface area contributed by atoms with Crippen LogP contribution in [0.1, 0.15) is 48.9 Å². The highest BCUT2D eigenvalue weighted by Gasteiger charge is 2.26. The zero-order chi connectivity index (χ0) is 15.8. The van der Waals surface area contributed by atoms with Crippen LogP contribution >= 0.6 is 11.6 Å². The fourth-order valence-corrected chi connectivity index (χ4v) is 4.25. The van der Waals surface area contributed by atoms with E-state index in [0.717, 1.165) is 11.6 Å². The van der Waals surface area contributed by atoms with Crippen molar-refractivity contribution >= 4 is 22.5 Å². The Morgan fingerprint density at radius 3 is 2.65 bits per heavy atom. The number of rotatable bonds is 3. The molecule has 0 aliphatic heterocycles. The highest BCUT2D eigenvalue weighted by molar-refractivity contribution is 6.30. The maximum absolute atomic E-state index is 6.04. The fraction of sp³-hybridized carbons (Fsp3) is 0.333. The van der Waals surface area contributed by atoms with E-state index in [4.69, 9.17) is 11.6 Å². The van der Waals surface area contributed by atoms with Gasteiger partial charge in [0.1, 0.15) is 0 Å². The van der Waals surface area contributed by atoms with Gasteiger partial charge in [-0.1, -0.05) is 48.9 Å². The minimum atomic E-state index is 0.693. The molecule has 2 heteroatoms. The van der Waals surface area contributed by atoms with E-state index in [-0.39, 0.29) is 0 Å². The lowest BCUT2D eigenvalue weighted by molar-refractivity contribution is 0.508. The van der Waals surface area contributed by atoms with Crippen LogP contribution in [-0.4, -0.2) is 4.57 Å². The molecule has 0 N–H and O–H groups in total. The van der Waals surface area contributed by atoms with E-state index < -0.39 is 0 Å². The first-order chi connectivity index (χ1) is 11.3. The van der Waals surface area contributed by atoms with Crippen molar-refractivity contribution in [2.75, 3.05) is 0 Å². The van der Waals surface area contributed by atoms with Crippen LogP contribution in [0.2, 0.25) is 5.02 Å². The largest absolute Gasteiger partial charge is 0.340 e. The molecule has 0 fully saturated rings. The summed E-state index contributed by atoms with van der Waals surface area (Å²) in [4.78, 5) is 0. The number of nitrogens with zero attached hydrogens (tertiary/aromatic N) is 1. The molecular formula is C21H22ClN. The van der Waals surface area contributed by atoms with Crippen molar-refractivity contribution in [3.63, 3.8) is 0 Å². The number of halogens is 1. The summed E-state index contributed by atoms with van der Waals surface area (Å²) in [6.45, 7) is 3.26. The average molecular weight is 324 g/mol. The molecule has 0 radical (unpaired) electrons. The van der Waals surface area contributed by atoms with E-state index in [2.05, 4.69) is 47.9 Å². The summed E-state index contributed by atoms with van der Waals surface area (Å²) < 4.78 is 2.56. The van der Waals surface area contributed by atoms with Crippen LogP contribution in [0.3, 0.4) is 0 Å². The van der Waals surface area contributed by atoms with Crippen molar-refractivity contribution < 1.29 is 0 Å². The van der Waals surface area contributed by atoms with Crippen LogP contribution in [0, 0.1) is 0 Å². The van der Waals surface area contributed by atoms with E-state index in [9.17, 15) is 0 Å². The van der Waals surface area contributed by atoms with Crippen molar-refractivity contribution in [1.82, 2.24) is 4.57 Å². The van der Waals surface area contributed by atoms with Gasteiger partial charge in [0.2, 0.25) is 0 Å².